The molecule has 0 unspecified atom stereocenters. The molecule has 1 radical (unpaired) electrons. The topological polar surface area (TPSA) is 62.3 Å². The lowest BCUT2D eigenvalue weighted by atomic mass is 9.92. The van der Waals surface area contributed by atoms with Crippen molar-refractivity contribution in [3.05, 3.63) is 30.3 Å². The van der Waals surface area contributed by atoms with Gasteiger partial charge in [0.25, 0.3) is 0 Å². The van der Waals surface area contributed by atoms with Crippen LogP contribution in [0.1, 0.15) is 37.2 Å². The predicted molar refractivity (Wildman–Crippen MR) is 75.1 cm³/mol. The van der Waals surface area contributed by atoms with E-state index >= 15 is 0 Å². The van der Waals surface area contributed by atoms with Gasteiger partial charge < -0.3 is 4.90 Å². The summed E-state index contributed by atoms with van der Waals surface area (Å²) in [6, 6.07) is 3.94. The maximum atomic E-state index is 11.8. The Morgan fingerprint density at radius 2 is 2.00 bits per heavy atom. The van der Waals surface area contributed by atoms with E-state index in [1.807, 2.05) is 12.1 Å². The van der Waals surface area contributed by atoms with Gasteiger partial charge in [0.2, 0.25) is 11.8 Å². The van der Waals surface area contributed by atoms with Gasteiger partial charge in [-0.15, -0.1) is 0 Å². The van der Waals surface area contributed by atoms with Crippen molar-refractivity contribution in [3.8, 4) is 0 Å². The second-order valence-corrected chi connectivity index (χ2v) is 5.31. The highest BCUT2D eigenvalue weighted by Crippen LogP contribution is 2.26. The molecule has 0 bridgehead atoms. The largest absolute Gasteiger partial charge is 0.357 e. The summed E-state index contributed by atoms with van der Waals surface area (Å²) < 4.78 is 0. The zero-order chi connectivity index (χ0) is 13.9. The summed E-state index contributed by atoms with van der Waals surface area (Å²) in [6.45, 7) is 2.01. The van der Waals surface area contributed by atoms with Gasteiger partial charge in [0.15, 0.2) is 0 Å². The molecule has 1 N–H and O–H groups in total. The fraction of sp³-hybridized carbons (Fsp3) is 0.467. The van der Waals surface area contributed by atoms with E-state index in [0.717, 1.165) is 37.3 Å². The molecule has 0 saturated carbocycles. The molecule has 1 aromatic heterocycles. The van der Waals surface area contributed by atoms with Crippen LogP contribution in [0, 0.1) is 6.42 Å². The molecule has 20 heavy (non-hydrogen) atoms. The Balaban J connectivity index is 1.72. The van der Waals surface area contributed by atoms with Crippen molar-refractivity contribution in [2.24, 2.45) is 0 Å². The average Bonchev–Trinajstić information content (AvgIpc) is 2.48. The van der Waals surface area contributed by atoms with Crippen LogP contribution in [0.2, 0.25) is 0 Å². The van der Waals surface area contributed by atoms with E-state index in [1.54, 1.807) is 6.20 Å². The number of hydrogen-bond donors (Lipinski definition) is 1. The highest BCUT2D eigenvalue weighted by atomic mass is 16.2. The number of nitrogens with zero attached hydrogens (tertiary/aromatic N) is 2. The quantitative estimate of drug-likeness (QED) is 0.827. The number of anilines is 1. The van der Waals surface area contributed by atoms with E-state index in [9.17, 15) is 9.59 Å². The minimum Gasteiger partial charge on any atom is -0.357 e. The smallest absolute Gasteiger partial charge is 0.234 e. The van der Waals surface area contributed by atoms with Gasteiger partial charge in [-0.25, -0.2) is 4.98 Å². The Hall–Kier alpha value is -1.91. The molecule has 1 aromatic rings. The molecule has 2 aliphatic heterocycles. The van der Waals surface area contributed by atoms with Crippen LogP contribution in [-0.4, -0.2) is 29.9 Å². The van der Waals surface area contributed by atoms with Gasteiger partial charge in [-0.1, -0.05) is 6.07 Å². The summed E-state index contributed by atoms with van der Waals surface area (Å²) in [6.07, 6.45) is 7.24. The number of aromatic nitrogens is 1. The summed E-state index contributed by atoms with van der Waals surface area (Å²) in [5, 5.41) is 2.39. The third-order valence-corrected chi connectivity index (χ3v) is 3.94. The lowest BCUT2D eigenvalue weighted by Gasteiger charge is -2.28. The van der Waals surface area contributed by atoms with Crippen molar-refractivity contribution >= 4 is 17.6 Å². The highest BCUT2D eigenvalue weighted by Gasteiger charge is 2.28. The number of piperidine rings is 2. The lowest BCUT2D eigenvalue weighted by Crippen LogP contribution is -2.39. The third kappa shape index (κ3) is 2.66. The molecule has 3 rings (SSSR count). The Morgan fingerprint density at radius 1 is 1.20 bits per heavy atom. The Kier molecular flexibility index (Phi) is 3.67. The number of carbonyl (C=O) groups is 2. The van der Waals surface area contributed by atoms with Crippen LogP contribution in [0.5, 0.6) is 0 Å². The van der Waals surface area contributed by atoms with Crippen LogP contribution in [0.4, 0.5) is 5.82 Å². The molecule has 5 heteroatoms. The fourth-order valence-electron chi connectivity index (χ4n) is 2.78. The summed E-state index contributed by atoms with van der Waals surface area (Å²) >= 11 is 0. The summed E-state index contributed by atoms with van der Waals surface area (Å²) in [5.74, 6) is 0.335. The fourth-order valence-corrected chi connectivity index (χ4v) is 2.78. The Morgan fingerprint density at radius 3 is 2.65 bits per heavy atom. The maximum Gasteiger partial charge on any atom is 0.234 e. The summed E-state index contributed by atoms with van der Waals surface area (Å²) in [5.41, 5.74) is 0.891. The first-order valence-electron chi connectivity index (χ1n) is 7.10. The molecule has 2 saturated heterocycles. The molecular weight excluding hydrogens is 254 g/mol. The van der Waals surface area contributed by atoms with E-state index in [1.165, 1.54) is 0 Å². The van der Waals surface area contributed by atoms with E-state index in [-0.39, 0.29) is 17.7 Å². The van der Waals surface area contributed by atoms with Crippen molar-refractivity contribution in [1.82, 2.24) is 10.3 Å². The average molecular weight is 272 g/mol. The highest BCUT2D eigenvalue weighted by molar-refractivity contribution is 6.00. The first kappa shape index (κ1) is 13.1. The Bertz CT molecular complexity index is 506. The number of pyridine rings is 1. The van der Waals surface area contributed by atoms with E-state index in [2.05, 4.69) is 21.6 Å². The number of carbonyl (C=O) groups excluding carboxylic acids is 2. The first-order valence-corrected chi connectivity index (χ1v) is 7.10. The second kappa shape index (κ2) is 5.61. The van der Waals surface area contributed by atoms with Crippen LogP contribution in [0.15, 0.2) is 18.3 Å². The number of hydrogen-bond acceptors (Lipinski definition) is 4. The SMILES string of the molecule is O=C1CC[C@@H](c2ccc(N3CC[CH]CC3)nc2)C(=O)N1. The van der Waals surface area contributed by atoms with Gasteiger partial charge >= 0.3 is 0 Å². The molecule has 105 valence electrons. The lowest BCUT2D eigenvalue weighted by molar-refractivity contribution is -0.134. The first-order chi connectivity index (χ1) is 9.74. The number of amides is 2. The van der Waals surface area contributed by atoms with Crippen LogP contribution < -0.4 is 10.2 Å². The number of nitrogens with one attached hydrogen (secondary N) is 1. The van der Waals surface area contributed by atoms with Crippen LogP contribution in [0.3, 0.4) is 0 Å². The van der Waals surface area contributed by atoms with Crippen LogP contribution in [-0.2, 0) is 9.59 Å². The van der Waals surface area contributed by atoms with Crippen LogP contribution in [0.25, 0.3) is 0 Å². The number of rotatable bonds is 2. The van der Waals surface area contributed by atoms with Crippen molar-refractivity contribution in [2.45, 2.75) is 31.6 Å². The standard InChI is InChI=1S/C15H18N3O2/c19-14-7-5-12(15(20)17-14)11-4-6-13(16-10-11)18-8-2-1-3-9-18/h1,4,6,10,12H,2-3,5,7-9H2,(H,17,19,20)/t12-/m0/s1. The molecule has 2 aliphatic rings. The molecule has 2 amide bonds. The molecule has 2 fully saturated rings. The number of imide groups is 1. The van der Waals surface area contributed by atoms with Crippen molar-refractivity contribution in [3.63, 3.8) is 0 Å². The van der Waals surface area contributed by atoms with Crippen molar-refractivity contribution in [1.29, 1.82) is 0 Å². The molecule has 0 spiro atoms. The molecule has 3 heterocycles. The van der Waals surface area contributed by atoms with E-state index in [0.29, 0.717) is 12.8 Å². The van der Waals surface area contributed by atoms with Gasteiger partial charge in [0, 0.05) is 25.7 Å². The van der Waals surface area contributed by atoms with Gasteiger partial charge in [-0.3, -0.25) is 14.9 Å². The molecule has 1 atom stereocenters. The Labute approximate surface area is 118 Å². The molecule has 5 nitrogen and oxygen atoms in total. The summed E-state index contributed by atoms with van der Waals surface area (Å²) in [7, 11) is 0. The van der Waals surface area contributed by atoms with Gasteiger partial charge in [0.05, 0.1) is 5.92 Å². The zero-order valence-electron chi connectivity index (χ0n) is 11.3. The minimum absolute atomic E-state index is 0.180. The van der Waals surface area contributed by atoms with E-state index < -0.39 is 0 Å². The zero-order valence-corrected chi connectivity index (χ0v) is 11.3. The molecule has 0 aliphatic carbocycles. The van der Waals surface area contributed by atoms with E-state index in [4.69, 9.17) is 0 Å². The predicted octanol–water partition coefficient (Wildman–Crippen LogP) is 1.41. The molecular formula is C15H18N3O2. The van der Waals surface area contributed by atoms with Crippen LogP contribution >= 0.6 is 0 Å². The molecule has 0 aromatic carbocycles. The van der Waals surface area contributed by atoms with Gasteiger partial charge in [0.1, 0.15) is 5.82 Å². The normalized spacial score (nSPS) is 23.6. The monoisotopic (exact) mass is 272 g/mol. The summed E-state index contributed by atoms with van der Waals surface area (Å²) in [4.78, 5) is 29.7. The van der Waals surface area contributed by atoms with Gasteiger partial charge in [-0.05, 0) is 37.3 Å². The second-order valence-electron chi connectivity index (χ2n) is 5.31. The third-order valence-electron chi connectivity index (χ3n) is 3.94. The van der Waals surface area contributed by atoms with Crippen molar-refractivity contribution in [2.75, 3.05) is 18.0 Å². The van der Waals surface area contributed by atoms with Gasteiger partial charge in [-0.2, -0.15) is 0 Å². The minimum atomic E-state index is -0.246. The maximum absolute atomic E-state index is 11.8. The van der Waals surface area contributed by atoms with Crippen molar-refractivity contribution < 1.29 is 9.59 Å².